The van der Waals surface area contributed by atoms with Crippen LogP contribution in [0.2, 0.25) is 0 Å². The third-order valence-electron chi connectivity index (χ3n) is 2.21. The van der Waals surface area contributed by atoms with Crippen LogP contribution in [-0.2, 0) is 19.4 Å². The highest BCUT2D eigenvalue weighted by atomic mass is 32.2. The van der Waals surface area contributed by atoms with Gasteiger partial charge in [-0.05, 0) is 19.1 Å². The van der Waals surface area contributed by atoms with Crippen LogP contribution in [0.4, 0.5) is 0 Å². The highest BCUT2D eigenvalue weighted by Gasteiger charge is 2.20. The average molecular weight is 290 g/mol. The number of aryl methyl sites for hydroxylation is 1. The van der Waals surface area contributed by atoms with Crippen LogP contribution < -0.4 is 0 Å². The average Bonchev–Trinajstić information content (AvgIpc) is 2.72. The van der Waals surface area contributed by atoms with E-state index in [2.05, 4.69) is 4.74 Å². The number of carbonyl (C=O) groups excluding carboxylic acids is 2. The number of rotatable bonds is 6. The molecule has 0 bridgehead atoms. The van der Waals surface area contributed by atoms with Crippen molar-refractivity contribution in [3.05, 3.63) is 21.9 Å². The van der Waals surface area contributed by atoms with Gasteiger partial charge in [0.25, 0.3) is 0 Å². The van der Waals surface area contributed by atoms with Crippen molar-refractivity contribution >= 4 is 32.9 Å². The fraction of sp³-hybridized carbons (Fsp3) is 0.455. The second kappa shape index (κ2) is 6.10. The Labute approximate surface area is 110 Å². The molecule has 1 aromatic rings. The summed E-state index contributed by atoms with van der Waals surface area (Å²) in [4.78, 5) is 23.9. The van der Waals surface area contributed by atoms with E-state index < -0.39 is 27.3 Å². The number of thiophene rings is 1. The van der Waals surface area contributed by atoms with E-state index in [1.54, 1.807) is 12.1 Å². The van der Waals surface area contributed by atoms with Gasteiger partial charge in [-0.3, -0.25) is 9.59 Å². The number of sulfone groups is 1. The lowest BCUT2D eigenvalue weighted by atomic mass is 10.3. The number of methoxy groups -OCH3 is 1. The standard InChI is InChI=1S/C11H14O5S2/c1-8-3-4-10(17-8)9(12)7-18(14,15)6-5-11(13)16-2/h3-4H,5-7H2,1-2H3. The fourth-order valence-corrected chi connectivity index (χ4v) is 3.34. The molecule has 7 heteroatoms. The van der Waals surface area contributed by atoms with Crippen LogP contribution >= 0.6 is 11.3 Å². The maximum atomic E-state index is 11.7. The van der Waals surface area contributed by atoms with Crippen molar-refractivity contribution < 1.29 is 22.7 Å². The molecule has 0 unspecified atom stereocenters. The van der Waals surface area contributed by atoms with Gasteiger partial charge in [0.15, 0.2) is 15.6 Å². The summed E-state index contributed by atoms with van der Waals surface area (Å²) in [6.07, 6.45) is -0.227. The minimum Gasteiger partial charge on any atom is -0.469 e. The van der Waals surface area contributed by atoms with Gasteiger partial charge < -0.3 is 4.74 Å². The van der Waals surface area contributed by atoms with E-state index in [4.69, 9.17) is 0 Å². The highest BCUT2D eigenvalue weighted by molar-refractivity contribution is 7.92. The van der Waals surface area contributed by atoms with E-state index in [1.165, 1.54) is 18.4 Å². The Morgan fingerprint density at radius 3 is 2.50 bits per heavy atom. The summed E-state index contributed by atoms with van der Waals surface area (Å²) in [5.41, 5.74) is 0. The summed E-state index contributed by atoms with van der Waals surface area (Å²) in [5, 5.41) is 0. The fourth-order valence-electron chi connectivity index (χ4n) is 1.27. The summed E-state index contributed by atoms with van der Waals surface area (Å²) in [6, 6.07) is 3.37. The van der Waals surface area contributed by atoms with E-state index in [9.17, 15) is 18.0 Å². The van der Waals surface area contributed by atoms with E-state index in [0.29, 0.717) is 4.88 Å². The van der Waals surface area contributed by atoms with Gasteiger partial charge in [-0.2, -0.15) is 0 Å². The summed E-state index contributed by atoms with van der Waals surface area (Å²) in [5.74, 6) is -1.96. The summed E-state index contributed by atoms with van der Waals surface area (Å²) in [7, 11) is -2.38. The molecule has 1 rings (SSSR count). The number of esters is 1. The van der Waals surface area contributed by atoms with Gasteiger partial charge in [0, 0.05) is 4.88 Å². The molecule has 0 saturated heterocycles. The van der Waals surface area contributed by atoms with Crippen LogP contribution in [0.5, 0.6) is 0 Å². The van der Waals surface area contributed by atoms with Crippen LogP contribution in [0, 0.1) is 6.92 Å². The smallest absolute Gasteiger partial charge is 0.306 e. The molecule has 0 aliphatic rings. The topological polar surface area (TPSA) is 77.5 Å². The predicted octanol–water partition coefficient (Wildman–Crippen LogP) is 1.22. The van der Waals surface area contributed by atoms with Crippen LogP contribution in [0.1, 0.15) is 21.0 Å². The lowest BCUT2D eigenvalue weighted by Gasteiger charge is -2.02. The van der Waals surface area contributed by atoms with Crippen LogP contribution in [0.3, 0.4) is 0 Å². The zero-order valence-corrected chi connectivity index (χ0v) is 11.8. The van der Waals surface area contributed by atoms with Gasteiger partial charge in [0.1, 0.15) is 5.75 Å². The zero-order valence-electron chi connectivity index (χ0n) is 10.1. The Morgan fingerprint density at radius 1 is 1.33 bits per heavy atom. The predicted molar refractivity (Wildman–Crippen MR) is 68.7 cm³/mol. The molecule has 0 fully saturated rings. The first kappa shape index (κ1) is 14.8. The van der Waals surface area contributed by atoms with Crippen molar-refractivity contribution in [2.45, 2.75) is 13.3 Å². The maximum Gasteiger partial charge on any atom is 0.306 e. The normalized spacial score (nSPS) is 11.2. The van der Waals surface area contributed by atoms with Crippen molar-refractivity contribution in [2.24, 2.45) is 0 Å². The first-order valence-corrected chi connectivity index (χ1v) is 7.85. The van der Waals surface area contributed by atoms with Gasteiger partial charge in [0.05, 0.1) is 24.2 Å². The third-order valence-corrected chi connectivity index (χ3v) is 4.78. The number of hydrogen-bond donors (Lipinski definition) is 0. The van der Waals surface area contributed by atoms with E-state index in [-0.39, 0.29) is 12.2 Å². The molecule has 1 heterocycles. The van der Waals surface area contributed by atoms with Crippen molar-refractivity contribution in [3.8, 4) is 0 Å². The van der Waals surface area contributed by atoms with Crippen LogP contribution in [0.25, 0.3) is 0 Å². The van der Waals surface area contributed by atoms with Crippen LogP contribution in [-0.4, -0.2) is 38.8 Å². The molecule has 0 N–H and O–H groups in total. The molecule has 0 saturated carbocycles. The Hall–Kier alpha value is -1.21. The molecule has 5 nitrogen and oxygen atoms in total. The second-order valence-corrected chi connectivity index (χ2v) is 7.22. The molecular formula is C11H14O5S2. The molecule has 0 aliphatic heterocycles. The SMILES string of the molecule is COC(=O)CCS(=O)(=O)CC(=O)c1ccc(C)s1. The molecule has 0 amide bonds. The minimum atomic E-state index is -3.57. The van der Waals surface area contributed by atoms with Gasteiger partial charge >= 0.3 is 5.97 Å². The Bertz CT molecular complexity index is 542. The Balaban J connectivity index is 2.60. The monoisotopic (exact) mass is 290 g/mol. The quantitative estimate of drug-likeness (QED) is 0.581. The minimum absolute atomic E-state index is 0.227. The van der Waals surface area contributed by atoms with Gasteiger partial charge in [0.2, 0.25) is 0 Å². The van der Waals surface area contributed by atoms with Gasteiger partial charge in [-0.1, -0.05) is 0 Å². The number of hydrogen-bond acceptors (Lipinski definition) is 6. The Kier molecular flexibility index (Phi) is 5.03. The number of ether oxygens (including phenoxy) is 1. The largest absolute Gasteiger partial charge is 0.469 e. The number of Topliss-reactive ketones (excluding diaryl/α,β-unsaturated/α-hetero) is 1. The lowest BCUT2D eigenvalue weighted by Crippen LogP contribution is -2.20. The second-order valence-electron chi connectivity index (χ2n) is 3.75. The van der Waals surface area contributed by atoms with E-state index in [1.807, 2.05) is 6.92 Å². The van der Waals surface area contributed by atoms with E-state index >= 15 is 0 Å². The number of ketones is 1. The lowest BCUT2D eigenvalue weighted by molar-refractivity contribution is -0.140. The molecule has 0 aliphatic carbocycles. The molecular weight excluding hydrogens is 276 g/mol. The first-order valence-electron chi connectivity index (χ1n) is 5.21. The van der Waals surface area contributed by atoms with Gasteiger partial charge in [-0.15, -0.1) is 11.3 Å². The van der Waals surface area contributed by atoms with Crippen molar-refractivity contribution in [1.29, 1.82) is 0 Å². The summed E-state index contributed by atoms with van der Waals surface area (Å²) >= 11 is 1.26. The number of carbonyl (C=O) groups is 2. The molecule has 18 heavy (non-hydrogen) atoms. The van der Waals surface area contributed by atoms with Crippen molar-refractivity contribution in [3.63, 3.8) is 0 Å². The van der Waals surface area contributed by atoms with Crippen molar-refractivity contribution in [1.82, 2.24) is 0 Å². The van der Waals surface area contributed by atoms with Gasteiger partial charge in [-0.25, -0.2) is 8.42 Å². The van der Waals surface area contributed by atoms with Crippen molar-refractivity contribution in [2.75, 3.05) is 18.6 Å². The highest BCUT2D eigenvalue weighted by Crippen LogP contribution is 2.16. The molecule has 100 valence electrons. The van der Waals surface area contributed by atoms with E-state index in [0.717, 1.165) is 4.88 Å². The maximum absolute atomic E-state index is 11.7. The summed E-state index contributed by atoms with van der Waals surface area (Å²) in [6.45, 7) is 1.84. The Morgan fingerprint density at radius 2 is 2.00 bits per heavy atom. The first-order chi connectivity index (χ1) is 8.34. The third kappa shape index (κ3) is 4.58. The molecule has 0 radical (unpaired) electrons. The molecule has 0 spiro atoms. The zero-order chi connectivity index (χ0) is 13.8. The molecule has 1 aromatic heterocycles. The molecule has 0 atom stereocenters. The molecule has 0 aromatic carbocycles. The van der Waals surface area contributed by atoms with Crippen LogP contribution in [0.15, 0.2) is 12.1 Å². The summed E-state index contributed by atoms with van der Waals surface area (Å²) < 4.78 is 27.6.